The fourth-order valence-corrected chi connectivity index (χ4v) is 4.61. The molecule has 0 saturated heterocycles. The standard InChI is InChI=1S/C27H30BrNO6/c1-5-33-22-14-17(6-8-21(22)34-12-10-16(2)3)24-23-25(30)19-15-18(28)7-9-20(19)35-26(23)27(31)29(24)11-13-32-4/h6-9,14-16,24H,5,10-13H2,1-4H3. The van der Waals surface area contributed by atoms with Crippen molar-refractivity contribution in [3.8, 4) is 11.5 Å². The van der Waals surface area contributed by atoms with Crippen molar-refractivity contribution in [2.24, 2.45) is 5.92 Å². The third-order valence-corrected chi connectivity index (χ3v) is 6.49. The zero-order valence-electron chi connectivity index (χ0n) is 20.4. The van der Waals surface area contributed by atoms with E-state index >= 15 is 0 Å². The molecule has 0 spiro atoms. The average molecular weight is 544 g/mol. The second-order valence-electron chi connectivity index (χ2n) is 8.88. The van der Waals surface area contributed by atoms with Crippen molar-refractivity contribution in [2.45, 2.75) is 33.2 Å². The summed E-state index contributed by atoms with van der Waals surface area (Å²) in [4.78, 5) is 28.7. The first-order valence-electron chi connectivity index (χ1n) is 11.8. The molecule has 186 valence electrons. The van der Waals surface area contributed by atoms with Crippen LogP contribution in [0.2, 0.25) is 0 Å². The van der Waals surface area contributed by atoms with E-state index < -0.39 is 6.04 Å². The molecule has 1 unspecified atom stereocenters. The average Bonchev–Trinajstić information content (AvgIpc) is 3.11. The van der Waals surface area contributed by atoms with Crippen molar-refractivity contribution in [1.29, 1.82) is 0 Å². The highest BCUT2D eigenvalue weighted by molar-refractivity contribution is 9.10. The van der Waals surface area contributed by atoms with E-state index in [9.17, 15) is 9.59 Å². The monoisotopic (exact) mass is 543 g/mol. The number of ether oxygens (including phenoxy) is 3. The molecule has 7 nitrogen and oxygen atoms in total. The molecule has 1 aromatic heterocycles. The van der Waals surface area contributed by atoms with Gasteiger partial charge in [-0.05, 0) is 55.2 Å². The summed E-state index contributed by atoms with van der Waals surface area (Å²) in [5.41, 5.74) is 1.22. The van der Waals surface area contributed by atoms with E-state index in [1.54, 1.807) is 30.2 Å². The summed E-state index contributed by atoms with van der Waals surface area (Å²) in [5, 5.41) is 0.420. The van der Waals surface area contributed by atoms with E-state index in [1.165, 1.54) is 0 Å². The van der Waals surface area contributed by atoms with Gasteiger partial charge in [-0.1, -0.05) is 35.8 Å². The highest BCUT2D eigenvalue weighted by atomic mass is 79.9. The van der Waals surface area contributed by atoms with Crippen LogP contribution in [0.4, 0.5) is 0 Å². The quantitative estimate of drug-likeness (QED) is 0.332. The lowest BCUT2D eigenvalue weighted by Crippen LogP contribution is -2.32. The molecule has 1 amide bonds. The molecular formula is C27H30BrNO6. The molecule has 0 radical (unpaired) electrons. The number of benzene rings is 2. The molecule has 0 saturated carbocycles. The van der Waals surface area contributed by atoms with Crippen molar-refractivity contribution >= 4 is 32.8 Å². The molecule has 0 aliphatic carbocycles. The Morgan fingerprint density at radius 2 is 1.86 bits per heavy atom. The smallest absolute Gasteiger partial charge is 0.290 e. The fourth-order valence-electron chi connectivity index (χ4n) is 4.25. The third kappa shape index (κ3) is 5.09. The minimum absolute atomic E-state index is 0.0705. The van der Waals surface area contributed by atoms with Gasteiger partial charge in [-0.2, -0.15) is 0 Å². The molecule has 0 fully saturated rings. The van der Waals surface area contributed by atoms with E-state index in [4.69, 9.17) is 18.6 Å². The summed E-state index contributed by atoms with van der Waals surface area (Å²) >= 11 is 3.42. The van der Waals surface area contributed by atoms with Gasteiger partial charge in [0.15, 0.2) is 16.9 Å². The van der Waals surface area contributed by atoms with E-state index in [-0.39, 0.29) is 17.1 Å². The maximum absolute atomic E-state index is 13.7. The molecule has 0 bridgehead atoms. The number of hydrogen-bond donors (Lipinski definition) is 0. The molecule has 1 atom stereocenters. The van der Waals surface area contributed by atoms with Crippen LogP contribution in [0.15, 0.2) is 50.1 Å². The minimum Gasteiger partial charge on any atom is -0.490 e. The molecule has 3 aromatic rings. The zero-order chi connectivity index (χ0) is 25.1. The van der Waals surface area contributed by atoms with Gasteiger partial charge in [0.05, 0.1) is 36.8 Å². The van der Waals surface area contributed by atoms with Gasteiger partial charge in [-0.15, -0.1) is 0 Å². The summed E-state index contributed by atoms with van der Waals surface area (Å²) in [6.07, 6.45) is 0.923. The van der Waals surface area contributed by atoms with Crippen molar-refractivity contribution in [3.63, 3.8) is 0 Å². The lowest BCUT2D eigenvalue weighted by Gasteiger charge is -2.25. The van der Waals surface area contributed by atoms with Crippen molar-refractivity contribution in [1.82, 2.24) is 4.90 Å². The van der Waals surface area contributed by atoms with Crippen molar-refractivity contribution < 1.29 is 23.4 Å². The molecule has 1 aliphatic heterocycles. The van der Waals surface area contributed by atoms with Gasteiger partial charge >= 0.3 is 0 Å². The molecule has 8 heteroatoms. The number of amides is 1. The van der Waals surface area contributed by atoms with Crippen molar-refractivity contribution in [3.05, 3.63) is 68.0 Å². The fraction of sp³-hybridized carbons (Fsp3) is 0.407. The lowest BCUT2D eigenvalue weighted by molar-refractivity contribution is 0.0663. The van der Waals surface area contributed by atoms with Crippen LogP contribution in [0.3, 0.4) is 0 Å². The summed E-state index contributed by atoms with van der Waals surface area (Å²) in [6.45, 7) is 7.86. The Kier molecular flexibility index (Phi) is 7.82. The topological polar surface area (TPSA) is 78.2 Å². The van der Waals surface area contributed by atoms with Gasteiger partial charge in [0, 0.05) is 18.1 Å². The maximum atomic E-state index is 13.7. The van der Waals surface area contributed by atoms with E-state index in [0.717, 1.165) is 16.5 Å². The normalized spacial score (nSPS) is 15.2. The number of carbonyl (C=O) groups is 1. The van der Waals surface area contributed by atoms with Crippen LogP contribution in [-0.2, 0) is 4.74 Å². The van der Waals surface area contributed by atoms with Gasteiger partial charge in [-0.25, -0.2) is 0 Å². The first-order chi connectivity index (χ1) is 16.8. The SMILES string of the molecule is CCOc1cc(C2c3c(oc4ccc(Br)cc4c3=O)C(=O)N2CCOC)ccc1OCCC(C)C. The van der Waals surface area contributed by atoms with Crippen molar-refractivity contribution in [2.75, 3.05) is 33.5 Å². The minimum atomic E-state index is -0.629. The van der Waals surface area contributed by atoms with Crippen LogP contribution >= 0.6 is 15.9 Å². The van der Waals surface area contributed by atoms with Gasteiger partial charge in [0.25, 0.3) is 5.91 Å². The summed E-state index contributed by atoms with van der Waals surface area (Å²) < 4.78 is 23.9. The number of rotatable bonds is 10. The Labute approximate surface area is 213 Å². The predicted octanol–water partition coefficient (Wildman–Crippen LogP) is 5.57. The Bertz CT molecular complexity index is 1280. The Morgan fingerprint density at radius 3 is 2.57 bits per heavy atom. The number of halogens is 1. The van der Waals surface area contributed by atoms with Crippen LogP contribution in [0.1, 0.15) is 54.9 Å². The van der Waals surface area contributed by atoms with Gasteiger partial charge in [0.2, 0.25) is 5.76 Å². The van der Waals surface area contributed by atoms with Gasteiger partial charge in [0.1, 0.15) is 5.58 Å². The highest BCUT2D eigenvalue weighted by Gasteiger charge is 2.42. The van der Waals surface area contributed by atoms with Crippen LogP contribution in [0.5, 0.6) is 11.5 Å². The molecule has 2 heterocycles. The Morgan fingerprint density at radius 1 is 1.06 bits per heavy atom. The molecule has 35 heavy (non-hydrogen) atoms. The Hall–Kier alpha value is -2.84. The van der Waals surface area contributed by atoms with Crippen LogP contribution in [0.25, 0.3) is 11.0 Å². The lowest BCUT2D eigenvalue weighted by atomic mass is 9.98. The number of fused-ring (bicyclic) bond motifs is 2. The van der Waals surface area contributed by atoms with Crippen LogP contribution in [0, 0.1) is 5.92 Å². The molecule has 2 aromatic carbocycles. The first kappa shape index (κ1) is 25.3. The second kappa shape index (κ2) is 10.8. The van der Waals surface area contributed by atoms with Crippen LogP contribution in [-0.4, -0.2) is 44.3 Å². The number of hydrogen-bond acceptors (Lipinski definition) is 6. The van der Waals surface area contributed by atoms with Gasteiger partial charge < -0.3 is 23.5 Å². The van der Waals surface area contributed by atoms with E-state index in [1.807, 2.05) is 25.1 Å². The third-order valence-electron chi connectivity index (χ3n) is 6.00. The summed E-state index contributed by atoms with van der Waals surface area (Å²) in [7, 11) is 1.58. The number of carbonyl (C=O) groups excluding carboxylic acids is 1. The largest absolute Gasteiger partial charge is 0.490 e. The second-order valence-corrected chi connectivity index (χ2v) is 9.79. The molecule has 0 N–H and O–H groups in total. The zero-order valence-corrected chi connectivity index (χ0v) is 22.0. The van der Waals surface area contributed by atoms with Crippen LogP contribution < -0.4 is 14.9 Å². The maximum Gasteiger partial charge on any atom is 0.290 e. The first-order valence-corrected chi connectivity index (χ1v) is 12.6. The van der Waals surface area contributed by atoms with Gasteiger partial charge in [-0.3, -0.25) is 9.59 Å². The Balaban J connectivity index is 1.83. The van der Waals surface area contributed by atoms with E-state index in [0.29, 0.717) is 60.3 Å². The summed E-state index contributed by atoms with van der Waals surface area (Å²) in [5.74, 6) is 1.47. The number of nitrogens with zero attached hydrogens (tertiary/aromatic N) is 1. The molecular weight excluding hydrogens is 514 g/mol. The number of methoxy groups -OCH3 is 1. The molecule has 4 rings (SSSR count). The van der Waals surface area contributed by atoms with E-state index in [2.05, 4.69) is 29.8 Å². The molecule has 1 aliphatic rings. The predicted molar refractivity (Wildman–Crippen MR) is 138 cm³/mol. The highest BCUT2D eigenvalue weighted by Crippen LogP contribution is 2.41. The summed E-state index contributed by atoms with van der Waals surface area (Å²) in [6, 6.07) is 10.1.